The molecule has 2 aromatic rings. The Bertz CT molecular complexity index is 713. The third kappa shape index (κ3) is 8.13. The van der Waals surface area contributed by atoms with Crippen LogP contribution in [-0.2, 0) is 16.1 Å². The maximum Gasteiger partial charge on any atom is 0.405 e. The zero-order chi connectivity index (χ0) is 19.4. The Morgan fingerprint density at radius 1 is 1.04 bits per heavy atom. The highest BCUT2D eigenvalue weighted by molar-refractivity contribution is 6.61. The van der Waals surface area contributed by atoms with E-state index in [0.717, 1.165) is 5.56 Å². The zero-order valence-corrected chi connectivity index (χ0v) is 14.3. The highest BCUT2D eigenvalue weighted by Gasteiger charge is 2.21. The van der Waals surface area contributed by atoms with E-state index < -0.39 is 23.5 Å². The summed E-state index contributed by atoms with van der Waals surface area (Å²) in [5.74, 6) is 4.35. The summed E-state index contributed by atoms with van der Waals surface area (Å²) in [6.07, 6.45) is -1.28. The molecule has 0 aliphatic heterocycles. The number of amides is 2. The standard InChI is InChI=1S/C9H11N3O3.C8H7ClO2/c10-12-8(13)7(11-9(14)15)6-4-2-1-3-5-6;9-8(10)11-6-7-4-2-1-3-5-7/h1-5,7,11H,10H2,(H,12,13)(H,14,15);1-5H,6H2. The second-order valence-corrected chi connectivity index (χ2v) is 5.12. The summed E-state index contributed by atoms with van der Waals surface area (Å²) in [5.41, 5.74) is 2.60. The second-order valence-electron chi connectivity index (χ2n) is 4.81. The molecule has 0 bridgehead atoms. The number of carbonyl (C=O) groups is 3. The first-order valence-electron chi connectivity index (χ1n) is 7.35. The smallest absolute Gasteiger partial charge is 0.405 e. The molecule has 0 heterocycles. The van der Waals surface area contributed by atoms with Gasteiger partial charge in [-0.05, 0) is 11.1 Å². The van der Waals surface area contributed by atoms with Crippen LogP contribution in [-0.4, -0.2) is 22.5 Å². The minimum absolute atomic E-state index is 0.239. The first kappa shape index (κ1) is 20.9. The highest BCUT2D eigenvalue weighted by Crippen LogP contribution is 2.11. The van der Waals surface area contributed by atoms with Crippen molar-refractivity contribution in [2.45, 2.75) is 12.6 Å². The molecule has 2 rings (SSSR count). The first-order chi connectivity index (χ1) is 12.4. The fraction of sp³-hybridized carbons (Fsp3) is 0.118. The number of hydrogen-bond donors (Lipinski definition) is 4. The number of benzene rings is 2. The van der Waals surface area contributed by atoms with Crippen LogP contribution in [0.2, 0.25) is 0 Å². The van der Waals surface area contributed by atoms with E-state index in [1.165, 1.54) is 0 Å². The van der Waals surface area contributed by atoms with Gasteiger partial charge in [0, 0.05) is 11.6 Å². The number of carboxylic acid groups (broad SMARTS) is 1. The normalized spacial score (nSPS) is 10.5. The van der Waals surface area contributed by atoms with Gasteiger partial charge in [0.2, 0.25) is 0 Å². The Morgan fingerprint density at radius 2 is 1.58 bits per heavy atom. The predicted molar refractivity (Wildman–Crippen MR) is 95.2 cm³/mol. The van der Waals surface area contributed by atoms with Gasteiger partial charge in [0.1, 0.15) is 12.6 Å². The van der Waals surface area contributed by atoms with Crippen molar-refractivity contribution in [2.24, 2.45) is 5.84 Å². The first-order valence-corrected chi connectivity index (χ1v) is 7.73. The molecule has 138 valence electrons. The van der Waals surface area contributed by atoms with Gasteiger partial charge in [-0.25, -0.2) is 15.4 Å². The lowest BCUT2D eigenvalue weighted by atomic mass is 10.1. The second kappa shape index (κ2) is 11.5. The molecule has 2 aromatic carbocycles. The van der Waals surface area contributed by atoms with Crippen LogP contribution in [0.15, 0.2) is 60.7 Å². The Balaban J connectivity index is 0.000000273. The molecule has 0 saturated heterocycles. The molecule has 8 nitrogen and oxygen atoms in total. The highest BCUT2D eigenvalue weighted by atomic mass is 35.5. The predicted octanol–water partition coefficient (Wildman–Crippen LogP) is 2.55. The molecule has 0 aliphatic rings. The van der Waals surface area contributed by atoms with Gasteiger partial charge in [0.15, 0.2) is 0 Å². The van der Waals surface area contributed by atoms with Crippen molar-refractivity contribution >= 4 is 29.0 Å². The molecule has 0 spiro atoms. The van der Waals surface area contributed by atoms with E-state index in [2.05, 4.69) is 10.1 Å². The lowest BCUT2D eigenvalue weighted by Crippen LogP contribution is -2.42. The van der Waals surface area contributed by atoms with Crippen molar-refractivity contribution in [3.05, 3.63) is 71.8 Å². The Labute approximate surface area is 154 Å². The maximum atomic E-state index is 11.3. The number of rotatable bonds is 5. The van der Waals surface area contributed by atoms with E-state index >= 15 is 0 Å². The van der Waals surface area contributed by atoms with E-state index in [9.17, 15) is 14.4 Å². The monoisotopic (exact) mass is 379 g/mol. The van der Waals surface area contributed by atoms with Gasteiger partial charge < -0.3 is 15.2 Å². The summed E-state index contributed by atoms with van der Waals surface area (Å²) in [6, 6.07) is 16.8. The average molecular weight is 380 g/mol. The fourth-order valence-corrected chi connectivity index (χ4v) is 1.92. The van der Waals surface area contributed by atoms with Gasteiger partial charge in [0.05, 0.1) is 0 Å². The van der Waals surface area contributed by atoms with Crippen molar-refractivity contribution in [1.29, 1.82) is 0 Å². The molecule has 0 saturated carbocycles. The summed E-state index contributed by atoms with van der Waals surface area (Å²) in [4.78, 5) is 31.9. The van der Waals surface area contributed by atoms with E-state index in [-0.39, 0.29) is 6.61 Å². The number of ether oxygens (including phenoxy) is 1. The lowest BCUT2D eigenvalue weighted by molar-refractivity contribution is -0.123. The molecule has 1 atom stereocenters. The van der Waals surface area contributed by atoms with Crippen molar-refractivity contribution in [2.75, 3.05) is 0 Å². The summed E-state index contributed by atoms with van der Waals surface area (Å²) < 4.78 is 4.55. The van der Waals surface area contributed by atoms with E-state index in [1.807, 2.05) is 35.8 Å². The number of hydrogen-bond acceptors (Lipinski definition) is 5. The Morgan fingerprint density at radius 3 is 2.04 bits per heavy atom. The third-order valence-electron chi connectivity index (χ3n) is 3.00. The largest absolute Gasteiger partial charge is 0.465 e. The van der Waals surface area contributed by atoms with Crippen LogP contribution in [0.5, 0.6) is 0 Å². The van der Waals surface area contributed by atoms with E-state index in [4.69, 9.17) is 22.6 Å². The number of hydrazine groups is 1. The van der Waals surface area contributed by atoms with E-state index in [1.54, 1.807) is 30.3 Å². The minimum atomic E-state index is -1.28. The van der Waals surface area contributed by atoms with Crippen molar-refractivity contribution < 1.29 is 24.2 Å². The molecular weight excluding hydrogens is 362 g/mol. The van der Waals surface area contributed by atoms with Crippen LogP contribution >= 0.6 is 11.6 Å². The fourth-order valence-electron chi connectivity index (χ4n) is 1.87. The van der Waals surface area contributed by atoms with Gasteiger partial charge in [-0.3, -0.25) is 10.2 Å². The quantitative estimate of drug-likeness (QED) is 0.273. The summed E-state index contributed by atoms with van der Waals surface area (Å²) in [5, 5.41) is 10.6. The van der Waals surface area contributed by atoms with Crippen LogP contribution in [0.1, 0.15) is 17.2 Å². The van der Waals surface area contributed by atoms with E-state index in [0.29, 0.717) is 5.56 Å². The molecule has 0 fully saturated rings. The summed E-state index contributed by atoms with van der Waals surface area (Å²) >= 11 is 4.97. The molecule has 0 aliphatic carbocycles. The molecule has 9 heteroatoms. The SMILES string of the molecule is NNC(=O)C(NC(=O)O)c1ccccc1.O=C(Cl)OCc1ccccc1. The average Bonchev–Trinajstić information content (AvgIpc) is 2.66. The summed E-state index contributed by atoms with van der Waals surface area (Å²) in [6.45, 7) is 0.239. The number of nitrogens with one attached hydrogen (secondary N) is 2. The lowest BCUT2D eigenvalue weighted by Gasteiger charge is -2.14. The Hall–Kier alpha value is -3.10. The van der Waals surface area contributed by atoms with Crippen LogP contribution in [0.25, 0.3) is 0 Å². The van der Waals surface area contributed by atoms with Gasteiger partial charge in [0.25, 0.3) is 5.91 Å². The summed E-state index contributed by atoms with van der Waals surface area (Å²) in [7, 11) is 0. The number of nitrogens with two attached hydrogens (primary N) is 1. The molecule has 0 radical (unpaired) electrons. The van der Waals surface area contributed by atoms with Crippen LogP contribution < -0.4 is 16.6 Å². The Kier molecular flexibility index (Phi) is 9.23. The molecule has 1 unspecified atom stereocenters. The molecule has 5 N–H and O–H groups in total. The van der Waals surface area contributed by atoms with Crippen molar-refractivity contribution in [3.63, 3.8) is 0 Å². The topological polar surface area (TPSA) is 131 Å². The van der Waals surface area contributed by atoms with Gasteiger partial charge in [-0.15, -0.1) is 0 Å². The molecular formula is C17H18ClN3O5. The van der Waals surface area contributed by atoms with Gasteiger partial charge in [-0.1, -0.05) is 60.7 Å². The van der Waals surface area contributed by atoms with Crippen LogP contribution in [0.4, 0.5) is 9.59 Å². The molecule has 2 amide bonds. The van der Waals surface area contributed by atoms with Crippen molar-refractivity contribution in [1.82, 2.24) is 10.7 Å². The molecule has 26 heavy (non-hydrogen) atoms. The zero-order valence-electron chi connectivity index (χ0n) is 13.6. The van der Waals surface area contributed by atoms with Gasteiger partial charge >= 0.3 is 11.5 Å². The minimum Gasteiger partial charge on any atom is -0.465 e. The maximum absolute atomic E-state index is 11.3. The van der Waals surface area contributed by atoms with Crippen LogP contribution in [0.3, 0.4) is 0 Å². The van der Waals surface area contributed by atoms with Crippen molar-refractivity contribution in [3.8, 4) is 0 Å². The molecule has 0 aromatic heterocycles. The van der Waals surface area contributed by atoms with Gasteiger partial charge in [-0.2, -0.15) is 0 Å². The number of halogens is 1. The third-order valence-corrected chi connectivity index (χ3v) is 3.11. The number of carbonyl (C=O) groups excluding carboxylic acids is 2. The van der Waals surface area contributed by atoms with Crippen LogP contribution in [0, 0.1) is 0 Å².